The molecule has 0 radical (unpaired) electrons. The van der Waals surface area contributed by atoms with Gasteiger partial charge in [-0.25, -0.2) is 4.79 Å². The molecule has 0 aromatic heterocycles. The van der Waals surface area contributed by atoms with Gasteiger partial charge < -0.3 is 9.84 Å². The Kier molecular flexibility index (Phi) is 5.65. The van der Waals surface area contributed by atoms with Crippen LogP contribution in [0.15, 0.2) is 60.7 Å². The summed E-state index contributed by atoms with van der Waals surface area (Å²) in [5.41, 5.74) is 1.31. The Bertz CT molecular complexity index is 848. The average molecular weight is 394 g/mol. The Morgan fingerprint density at radius 1 is 0.966 bits per heavy atom. The second-order valence-electron chi connectivity index (χ2n) is 7.80. The Labute approximate surface area is 170 Å². The minimum Gasteiger partial charge on any atom is -0.480 e. The van der Waals surface area contributed by atoms with Crippen LogP contribution in [0.25, 0.3) is 0 Å². The fourth-order valence-corrected chi connectivity index (χ4v) is 4.39. The maximum atomic E-state index is 13.1. The predicted molar refractivity (Wildman–Crippen MR) is 108 cm³/mol. The molecule has 2 heterocycles. The molecule has 0 bridgehead atoms. The number of nitrogens with zero attached hydrogens (tertiary/aromatic N) is 2. The number of hydrogen-bond donors (Lipinski definition) is 1. The van der Waals surface area contributed by atoms with Crippen LogP contribution in [-0.4, -0.2) is 58.2 Å². The van der Waals surface area contributed by atoms with Gasteiger partial charge in [0.05, 0.1) is 13.0 Å². The van der Waals surface area contributed by atoms with Crippen molar-refractivity contribution in [1.29, 1.82) is 0 Å². The summed E-state index contributed by atoms with van der Waals surface area (Å²) in [6, 6.07) is 18.8. The minimum atomic E-state index is -1.00. The highest BCUT2D eigenvalue weighted by Crippen LogP contribution is 2.38. The third-order valence-electron chi connectivity index (χ3n) is 5.90. The van der Waals surface area contributed by atoms with Crippen LogP contribution in [0.3, 0.4) is 0 Å². The molecule has 2 aliphatic rings. The van der Waals surface area contributed by atoms with Crippen LogP contribution in [0.4, 0.5) is 0 Å². The van der Waals surface area contributed by atoms with Crippen LogP contribution in [0.2, 0.25) is 0 Å². The quantitative estimate of drug-likeness (QED) is 0.844. The van der Waals surface area contributed by atoms with E-state index in [9.17, 15) is 14.7 Å². The van der Waals surface area contributed by atoms with Crippen molar-refractivity contribution in [2.45, 2.75) is 37.6 Å². The van der Waals surface area contributed by atoms with E-state index in [0.717, 1.165) is 25.2 Å². The zero-order valence-electron chi connectivity index (χ0n) is 16.4. The lowest BCUT2D eigenvalue weighted by Gasteiger charge is -2.44. The van der Waals surface area contributed by atoms with Gasteiger partial charge in [0.15, 0.2) is 6.04 Å². The number of likely N-dealkylation sites (tertiary alicyclic amines) is 1. The number of piperidine rings is 1. The van der Waals surface area contributed by atoms with E-state index in [4.69, 9.17) is 4.74 Å². The standard InChI is InChI=1S/C23H26N2O4/c26-21(15-18-7-3-1-4-8-18)25-20(22(27)28)17-29-23(25)11-13-24(14-12-23)16-19-9-5-2-6-10-19/h1-10,20H,11-17H2,(H,27,28)/t20-/m1/s1. The van der Waals surface area contributed by atoms with E-state index in [1.807, 2.05) is 48.5 Å². The van der Waals surface area contributed by atoms with Gasteiger partial charge in [-0.05, 0) is 11.1 Å². The molecule has 6 nitrogen and oxygen atoms in total. The van der Waals surface area contributed by atoms with E-state index in [-0.39, 0.29) is 18.9 Å². The maximum absolute atomic E-state index is 13.1. The van der Waals surface area contributed by atoms with E-state index in [0.29, 0.717) is 12.8 Å². The summed E-state index contributed by atoms with van der Waals surface area (Å²) >= 11 is 0. The predicted octanol–water partition coefficient (Wildman–Crippen LogP) is 2.53. The van der Waals surface area contributed by atoms with E-state index >= 15 is 0 Å². The van der Waals surface area contributed by atoms with Crippen LogP contribution >= 0.6 is 0 Å². The van der Waals surface area contributed by atoms with Crippen LogP contribution in [0.5, 0.6) is 0 Å². The second-order valence-corrected chi connectivity index (χ2v) is 7.80. The zero-order valence-corrected chi connectivity index (χ0v) is 16.4. The summed E-state index contributed by atoms with van der Waals surface area (Å²) in [4.78, 5) is 28.8. The van der Waals surface area contributed by atoms with Gasteiger partial charge in [-0.1, -0.05) is 60.7 Å². The van der Waals surface area contributed by atoms with Gasteiger partial charge in [0, 0.05) is 32.5 Å². The number of aliphatic carboxylic acids is 1. The van der Waals surface area contributed by atoms with Gasteiger partial charge in [0.25, 0.3) is 0 Å². The molecule has 1 amide bonds. The van der Waals surface area contributed by atoms with Crippen molar-refractivity contribution in [1.82, 2.24) is 9.80 Å². The summed E-state index contributed by atoms with van der Waals surface area (Å²) in [5, 5.41) is 9.68. The molecule has 0 aliphatic carbocycles. The molecule has 1 atom stereocenters. The normalized spacial score (nSPS) is 21.4. The Morgan fingerprint density at radius 3 is 2.14 bits per heavy atom. The first kappa shape index (κ1) is 19.6. The van der Waals surface area contributed by atoms with Crippen molar-refractivity contribution in [3.05, 3.63) is 71.8 Å². The van der Waals surface area contributed by atoms with Crippen molar-refractivity contribution < 1.29 is 19.4 Å². The number of benzene rings is 2. The highest BCUT2D eigenvalue weighted by Gasteiger charge is 2.53. The molecule has 152 valence electrons. The number of rotatable bonds is 5. The monoisotopic (exact) mass is 394 g/mol. The summed E-state index contributed by atoms with van der Waals surface area (Å²) in [5.74, 6) is -1.19. The fraction of sp³-hybridized carbons (Fsp3) is 0.391. The van der Waals surface area contributed by atoms with Gasteiger partial charge in [0.2, 0.25) is 5.91 Å². The number of carbonyl (C=O) groups is 2. The summed E-state index contributed by atoms with van der Waals surface area (Å²) in [6.07, 6.45) is 1.41. The van der Waals surface area contributed by atoms with Gasteiger partial charge in [-0.2, -0.15) is 0 Å². The fourth-order valence-electron chi connectivity index (χ4n) is 4.39. The van der Waals surface area contributed by atoms with Crippen molar-refractivity contribution >= 4 is 11.9 Å². The second kappa shape index (κ2) is 8.35. The minimum absolute atomic E-state index is 0.0501. The van der Waals surface area contributed by atoms with E-state index in [1.165, 1.54) is 10.5 Å². The molecule has 2 aromatic carbocycles. The molecule has 2 aromatic rings. The number of carboxylic acid groups (broad SMARTS) is 1. The van der Waals surface area contributed by atoms with E-state index in [1.54, 1.807) is 0 Å². The van der Waals surface area contributed by atoms with Crippen molar-refractivity contribution in [2.24, 2.45) is 0 Å². The highest BCUT2D eigenvalue weighted by atomic mass is 16.5. The van der Waals surface area contributed by atoms with Crippen LogP contribution < -0.4 is 0 Å². The van der Waals surface area contributed by atoms with Crippen LogP contribution in [0, 0.1) is 0 Å². The smallest absolute Gasteiger partial charge is 0.328 e. The van der Waals surface area contributed by atoms with Gasteiger partial charge in [-0.3, -0.25) is 14.6 Å². The molecular formula is C23H26N2O4. The molecule has 2 aliphatic heterocycles. The van der Waals surface area contributed by atoms with Crippen molar-refractivity contribution in [3.63, 3.8) is 0 Å². The summed E-state index contributed by atoms with van der Waals surface area (Å²) in [6.45, 7) is 2.42. The topological polar surface area (TPSA) is 70.1 Å². The molecule has 4 rings (SSSR count). The Balaban J connectivity index is 1.48. The maximum Gasteiger partial charge on any atom is 0.328 e. The lowest BCUT2D eigenvalue weighted by atomic mass is 9.96. The van der Waals surface area contributed by atoms with E-state index < -0.39 is 17.7 Å². The highest BCUT2D eigenvalue weighted by molar-refractivity contribution is 5.86. The first-order valence-electron chi connectivity index (χ1n) is 10.1. The third-order valence-corrected chi connectivity index (χ3v) is 5.90. The molecule has 0 unspecified atom stereocenters. The number of carbonyl (C=O) groups excluding carboxylic acids is 1. The van der Waals surface area contributed by atoms with Gasteiger partial charge in [0.1, 0.15) is 5.72 Å². The molecular weight excluding hydrogens is 368 g/mol. The molecule has 0 saturated carbocycles. The lowest BCUT2D eigenvalue weighted by molar-refractivity contribution is -0.165. The number of carboxylic acids is 1. The zero-order chi connectivity index (χ0) is 20.3. The summed E-state index contributed by atoms with van der Waals surface area (Å²) < 4.78 is 6.02. The molecule has 29 heavy (non-hydrogen) atoms. The number of hydrogen-bond acceptors (Lipinski definition) is 4. The van der Waals surface area contributed by atoms with E-state index in [2.05, 4.69) is 17.0 Å². The van der Waals surface area contributed by atoms with Gasteiger partial charge >= 0.3 is 5.97 Å². The molecule has 1 N–H and O–H groups in total. The number of ether oxygens (including phenoxy) is 1. The Morgan fingerprint density at radius 2 is 1.55 bits per heavy atom. The SMILES string of the molecule is O=C(O)[C@H]1COC2(CCN(Cc3ccccc3)CC2)N1C(=O)Cc1ccccc1. The van der Waals surface area contributed by atoms with Crippen LogP contribution in [0.1, 0.15) is 24.0 Å². The van der Waals surface area contributed by atoms with Gasteiger partial charge in [-0.15, -0.1) is 0 Å². The van der Waals surface area contributed by atoms with Crippen molar-refractivity contribution in [3.8, 4) is 0 Å². The molecule has 6 heteroatoms. The Hall–Kier alpha value is -2.70. The largest absolute Gasteiger partial charge is 0.480 e. The van der Waals surface area contributed by atoms with Crippen molar-refractivity contribution in [2.75, 3.05) is 19.7 Å². The first-order valence-corrected chi connectivity index (χ1v) is 10.1. The first-order chi connectivity index (χ1) is 14.1. The number of amides is 1. The average Bonchev–Trinajstić information content (AvgIpc) is 3.11. The molecule has 2 saturated heterocycles. The van der Waals surface area contributed by atoms with Crippen LogP contribution in [-0.2, 0) is 27.3 Å². The molecule has 2 fully saturated rings. The third kappa shape index (κ3) is 4.18. The summed E-state index contributed by atoms with van der Waals surface area (Å²) in [7, 11) is 0. The lowest BCUT2D eigenvalue weighted by Crippen LogP contribution is -2.58. The molecule has 1 spiro atoms.